The number of carbonyl (C=O) groups excluding carboxylic acids is 1. The molecule has 0 aliphatic carbocycles. The van der Waals surface area contributed by atoms with Gasteiger partial charge in [0.25, 0.3) is 5.69 Å². The molecule has 132 valence electrons. The topological polar surface area (TPSA) is 87.9 Å². The van der Waals surface area contributed by atoms with E-state index in [0.29, 0.717) is 28.1 Å². The third-order valence-electron chi connectivity index (χ3n) is 3.30. The van der Waals surface area contributed by atoms with E-state index in [1.807, 2.05) is 6.92 Å². The van der Waals surface area contributed by atoms with Gasteiger partial charge in [-0.2, -0.15) is 0 Å². The highest BCUT2D eigenvalue weighted by molar-refractivity contribution is 9.10. The predicted molar refractivity (Wildman–Crippen MR) is 94.1 cm³/mol. The van der Waals surface area contributed by atoms with Crippen molar-refractivity contribution < 1.29 is 23.9 Å². The Bertz CT molecular complexity index is 793. The number of nitro benzene ring substituents is 1. The van der Waals surface area contributed by atoms with E-state index in [4.69, 9.17) is 14.2 Å². The van der Waals surface area contributed by atoms with Gasteiger partial charge in [-0.3, -0.25) is 10.1 Å². The number of rotatable bonds is 7. The van der Waals surface area contributed by atoms with Crippen molar-refractivity contribution in [2.75, 3.05) is 13.7 Å². The molecule has 2 rings (SSSR count). The molecule has 0 aliphatic heterocycles. The van der Waals surface area contributed by atoms with Crippen LogP contribution in [-0.2, 0) is 11.3 Å². The molecule has 0 fully saturated rings. The zero-order valence-electron chi connectivity index (χ0n) is 13.7. The highest BCUT2D eigenvalue weighted by Crippen LogP contribution is 2.36. The maximum Gasteiger partial charge on any atom is 0.338 e. The van der Waals surface area contributed by atoms with Crippen molar-refractivity contribution in [2.45, 2.75) is 13.5 Å². The molecule has 0 aromatic heterocycles. The standard InChI is InChI=1S/C17H16BrNO6/c1-3-24-15-9-12(8-13(18)16(15)23-2)17(20)25-10-11-6-4-5-7-14(11)19(21)22/h4-9H,3,10H2,1-2H3. The molecule has 0 radical (unpaired) electrons. The first-order valence-corrected chi connectivity index (χ1v) is 8.17. The fraction of sp³-hybridized carbons (Fsp3) is 0.235. The Morgan fingerprint density at radius 3 is 2.64 bits per heavy atom. The largest absolute Gasteiger partial charge is 0.492 e. The average molecular weight is 410 g/mol. The lowest BCUT2D eigenvalue weighted by atomic mass is 10.2. The Balaban J connectivity index is 2.20. The monoisotopic (exact) mass is 409 g/mol. The van der Waals surface area contributed by atoms with Crippen LogP contribution >= 0.6 is 15.9 Å². The Labute approximate surface area is 152 Å². The molecular weight excluding hydrogens is 394 g/mol. The average Bonchev–Trinajstić information content (AvgIpc) is 2.59. The van der Waals surface area contributed by atoms with Gasteiger partial charge in [-0.1, -0.05) is 12.1 Å². The van der Waals surface area contributed by atoms with Gasteiger partial charge in [0, 0.05) is 6.07 Å². The first kappa shape index (κ1) is 18.7. The molecule has 0 bridgehead atoms. The summed E-state index contributed by atoms with van der Waals surface area (Å²) in [7, 11) is 1.50. The van der Waals surface area contributed by atoms with Gasteiger partial charge in [0.05, 0.1) is 34.2 Å². The minimum Gasteiger partial charge on any atom is -0.492 e. The molecule has 0 amide bonds. The van der Waals surface area contributed by atoms with Crippen molar-refractivity contribution >= 4 is 27.6 Å². The van der Waals surface area contributed by atoms with Crippen molar-refractivity contribution in [2.24, 2.45) is 0 Å². The van der Waals surface area contributed by atoms with E-state index in [-0.39, 0.29) is 17.9 Å². The number of methoxy groups -OCH3 is 1. The van der Waals surface area contributed by atoms with Gasteiger partial charge in [-0.15, -0.1) is 0 Å². The lowest BCUT2D eigenvalue weighted by molar-refractivity contribution is -0.385. The van der Waals surface area contributed by atoms with Crippen molar-refractivity contribution in [3.8, 4) is 11.5 Å². The summed E-state index contributed by atoms with van der Waals surface area (Å²) in [5, 5.41) is 11.0. The fourth-order valence-electron chi connectivity index (χ4n) is 2.18. The zero-order valence-corrected chi connectivity index (χ0v) is 15.2. The maximum atomic E-state index is 12.3. The van der Waals surface area contributed by atoms with Crippen LogP contribution in [0, 0.1) is 10.1 Å². The van der Waals surface area contributed by atoms with Gasteiger partial charge < -0.3 is 14.2 Å². The number of hydrogen-bond donors (Lipinski definition) is 0. The van der Waals surface area contributed by atoms with E-state index in [0.717, 1.165) is 0 Å². The van der Waals surface area contributed by atoms with Gasteiger partial charge in [-0.25, -0.2) is 4.79 Å². The predicted octanol–water partition coefficient (Wildman–Crippen LogP) is 4.12. The van der Waals surface area contributed by atoms with Gasteiger partial charge in [0.15, 0.2) is 11.5 Å². The summed E-state index contributed by atoms with van der Waals surface area (Å²) >= 11 is 3.32. The van der Waals surface area contributed by atoms with Gasteiger partial charge >= 0.3 is 5.97 Å². The molecule has 2 aromatic carbocycles. The first-order valence-electron chi connectivity index (χ1n) is 7.37. The second-order valence-electron chi connectivity index (χ2n) is 4.88. The van der Waals surface area contributed by atoms with Gasteiger partial charge in [0.2, 0.25) is 0 Å². The van der Waals surface area contributed by atoms with E-state index in [9.17, 15) is 14.9 Å². The molecule has 0 saturated heterocycles. The molecule has 7 nitrogen and oxygen atoms in total. The number of benzene rings is 2. The second kappa shape index (κ2) is 8.48. The second-order valence-corrected chi connectivity index (χ2v) is 5.74. The van der Waals surface area contributed by atoms with Crippen LogP contribution in [0.5, 0.6) is 11.5 Å². The van der Waals surface area contributed by atoms with Crippen molar-refractivity contribution in [3.63, 3.8) is 0 Å². The van der Waals surface area contributed by atoms with Gasteiger partial charge in [0.1, 0.15) is 6.61 Å². The summed E-state index contributed by atoms with van der Waals surface area (Å²) in [5.74, 6) is 0.247. The number of esters is 1. The molecule has 0 aliphatic rings. The fourth-order valence-corrected chi connectivity index (χ4v) is 2.79. The van der Waals surface area contributed by atoms with Crippen LogP contribution in [0.3, 0.4) is 0 Å². The Kier molecular flexibility index (Phi) is 6.35. The van der Waals surface area contributed by atoms with Crippen LogP contribution in [-0.4, -0.2) is 24.6 Å². The smallest absolute Gasteiger partial charge is 0.338 e. The number of nitro groups is 1. The van der Waals surface area contributed by atoms with Crippen LogP contribution < -0.4 is 9.47 Å². The number of para-hydroxylation sites is 1. The quantitative estimate of drug-likeness (QED) is 0.388. The van der Waals surface area contributed by atoms with Crippen LogP contribution in [0.15, 0.2) is 40.9 Å². The SMILES string of the molecule is CCOc1cc(C(=O)OCc2ccccc2[N+](=O)[O-])cc(Br)c1OC. The zero-order chi connectivity index (χ0) is 18.4. The van der Waals surface area contributed by atoms with E-state index >= 15 is 0 Å². The van der Waals surface area contributed by atoms with E-state index in [1.54, 1.807) is 24.3 Å². The normalized spacial score (nSPS) is 10.2. The lowest BCUT2D eigenvalue weighted by Gasteiger charge is -2.13. The third-order valence-corrected chi connectivity index (χ3v) is 3.89. The number of halogens is 1. The third kappa shape index (κ3) is 4.48. The highest BCUT2D eigenvalue weighted by Gasteiger charge is 2.18. The molecule has 0 unspecified atom stereocenters. The van der Waals surface area contributed by atoms with Crippen LogP contribution in [0.2, 0.25) is 0 Å². The highest BCUT2D eigenvalue weighted by atomic mass is 79.9. The van der Waals surface area contributed by atoms with E-state index in [2.05, 4.69) is 15.9 Å². The summed E-state index contributed by atoms with van der Waals surface area (Å²) in [6, 6.07) is 9.16. The molecule has 0 saturated carbocycles. The number of nitrogens with zero attached hydrogens (tertiary/aromatic N) is 1. The molecule has 2 aromatic rings. The minimum atomic E-state index is -0.623. The molecule has 25 heavy (non-hydrogen) atoms. The summed E-state index contributed by atoms with van der Waals surface area (Å²) in [6.07, 6.45) is 0. The summed E-state index contributed by atoms with van der Waals surface area (Å²) in [6.45, 7) is 2.01. The lowest BCUT2D eigenvalue weighted by Crippen LogP contribution is -2.08. The molecule has 0 spiro atoms. The summed E-state index contributed by atoms with van der Waals surface area (Å²) < 4.78 is 16.4. The van der Waals surface area contributed by atoms with Crippen LogP contribution in [0.25, 0.3) is 0 Å². The Morgan fingerprint density at radius 2 is 2.00 bits per heavy atom. The minimum absolute atomic E-state index is 0.0961. The van der Waals surface area contributed by atoms with Crippen LogP contribution in [0.4, 0.5) is 5.69 Å². The number of hydrogen-bond acceptors (Lipinski definition) is 6. The van der Waals surface area contributed by atoms with E-state index in [1.165, 1.54) is 19.2 Å². The van der Waals surface area contributed by atoms with Gasteiger partial charge in [-0.05, 0) is 41.1 Å². The van der Waals surface area contributed by atoms with E-state index < -0.39 is 10.9 Å². The molecule has 8 heteroatoms. The molecule has 0 heterocycles. The summed E-state index contributed by atoms with van der Waals surface area (Å²) in [5.41, 5.74) is 0.467. The Hall–Kier alpha value is -2.61. The molecular formula is C17H16BrNO6. The Morgan fingerprint density at radius 1 is 1.28 bits per heavy atom. The summed E-state index contributed by atoms with van der Waals surface area (Å²) in [4.78, 5) is 22.8. The number of carbonyl (C=O) groups is 1. The molecule has 0 N–H and O–H groups in total. The first-order chi connectivity index (χ1) is 12.0. The van der Waals surface area contributed by atoms with Crippen molar-refractivity contribution in [1.82, 2.24) is 0 Å². The maximum absolute atomic E-state index is 12.3. The van der Waals surface area contributed by atoms with Crippen LogP contribution in [0.1, 0.15) is 22.8 Å². The van der Waals surface area contributed by atoms with Crippen molar-refractivity contribution in [1.29, 1.82) is 0 Å². The number of ether oxygens (including phenoxy) is 3. The van der Waals surface area contributed by atoms with Crippen molar-refractivity contribution in [3.05, 3.63) is 62.1 Å². The molecule has 0 atom stereocenters.